The third-order valence-electron chi connectivity index (χ3n) is 9.05. The number of carbonyl (C=O) groups excluding carboxylic acids is 2. The Morgan fingerprint density at radius 2 is 1.48 bits per heavy atom. The molecule has 0 bridgehead atoms. The molecule has 0 saturated carbocycles. The summed E-state index contributed by atoms with van der Waals surface area (Å²) in [6.45, 7) is 5.59. The largest absolute Gasteiger partial charge is 0.493 e. The molecule has 7 rings (SSSR count). The zero-order valence-electron chi connectivity index (χ0n) is 35.5. The second-order valence-corrected chi connectivity index (χ2v) is 18.1. The fraction of sp³-hybridized carbons (Fsp3) is 0.167. The third kappa shape index (κ3) is 12.7. The minimum atomic E-state index is -4.26. The van der Waals surface area contributed by atoms with Crippen molar-refractivity contribution in [3.8, 4) is 40.5 Å². The number of imidazole rings is 1. The minimum Gasteiger partial charge on any atom is -0.493 e. The van der Waals surface area contributed by atoms with Gasteiger partial charge in [0.25, 0.3) is 33.2 Å². The molecule has 25 heteroatoms. The molecule has 3 aromatic heterocycles. The van der Waals surface area contributed by atoms with Crippen LogP contribution in [0.5, 0.6) is 23.1 Å². The van der Waals surface area contributed by atoms with E-state index in [0.29, 0.717) is 50.4 Å². The molecule has 0 aliphatic carbocycles. The zero-order valence-corrected chi connectivity index (χ0v) is 37.9. The van der Waals surface area contributed by atoms with Crippen LogP contribution in [0.4, 0.5) is 32.9 Å². The molecular weight excluding hydrogens is 933 g/mol. The van der Waals surface area contributed by atoms with Gasteiger partial charge in [0.1, 0.15) is 40.3 Å². The van der Waals surface area contributed by atoms with E-state index in [0.717, 1.165) is 16.9 Å². The third-order valence-corrected chi connectivity index (χ3v) is 10.7. The standard InChI is InChI=1S/C41H32N10O9S2.CH4O3S/c1-23-9-11-26(12-10-23)37-39(49-45-27-16-28(59-21-52)18-29(17-27)60-22-53)61-41(44-37)50-46-32-19-35(58-13-6-14-62(55,56)57)33(15-24(32)2)47-48-36-25(3)30(20-42)38-43-31-7-4-5-8-34(31)51(38)40(36)54;1-5(2,3)4/h4-5,7-12,15-19,21-22,54H,6,13-14H2,1-3H3,(H,55,56,57);1H3,(H,2,3,4). The van der Waals surface area contributed by atoms with Crippen LogP contribution >= 0.6 is 11.3 Å². The first kappa shape index (κ1) is 48.6. The Labute approximate surface area is 385 Å². The van der Waals surface area contributed by atoms with Gasteiger partial charge in [-0.2, -0.15) is 22.1 Å². The first-order chi connectivity index (χ1) is 31.8. The Bertz CT molecular complexity index is 3350. The van der Waals surface area contributed by atoms with E-state index in [1.807, 2.05) is 31.2 Å². The molecule has 22 nitrogen and oxygen atoms in total. The van der Waals surface area contributed by atoms with Crippen LogP contribution in [0.25, 0.3) is 27.9 Å². The number of fused-ring (bicyclic) bond motifs is 3. The number of azo groups is 3. The molecule has 0 atom stereocenters. The van der Waals surface area contributed by atoms with Crippen LogP contribution in [0.1, 0.15) is 28.7 Å². The molecule has 344 valence electrons. The average molecular weight is 969 g/mol. The van der Waals surface area contributed by atoms with Crippen molar-refractivity contribution >= 4 is 94.1 Å². The second kappa shape index (κ2) is 21.0. The summed E-state index contributed by atoms with van der Waals surface area (Å²) in [5.74, 6) is -0.591. The first-order valence-electron chi connectivity index (χ1n) is 19.2. The normalized spacial score (nSPS) is 11.8. The van der Waals surface area contributed by atoms with Crippen molar-refractivity contribution < 1.29 is 54.8 Å². The lowest BCUT2D eigenvalue weighted by atomic mass is 10.1. The summed E-state index contributed by atoms with van der Waals surface area (Å²) in [6.07, 6.45) is 0.654. The monoisotopic (exact) mass is 968 g/mol. The molecule has 0 amide bonds. The highest BCUT2D eigenvalue weighted by Gasteiger charge is 2.21. The smallest absolute Gasteiger partial charge is 0.298 e. The molecule has 0 saturated heterocycles. The number of aromatic hydroxyl groups is 1. The number of hydrogen-bond donors (Lipinski definition) is 3. The summed E-state index contributed by atoms with van der Waals surface area (Å²) in [5.41, 5.74) is 5.32. The fourth-order valence-electron chi connectivity index (χ4n) is 6.08. The molecule has 0 unspecified atom stereocenters. The van der Waals surface area contributed by atoms with Crippen LogP contribution in [0, 0.1) is 32.1 Å². The Hall–Kier alpha value is -7.89. The summed E-state index contributed by atoms with van der Waals surface area (Å²) in [4.78, 5) is 31.2. The molecule has 67 heavy (non-hydrogen) atoms. The van der Waals surface area contributed by atoms with Crippen LogP contribution in [0.2, 0.25) is 0 Å². The van der Waals surface area contributed by atoms with Crippen molar-refractivity contribution in [2.24, 2.45) is 30.7 Å². The maximum absolute atomic E-state index is 11.4. The number of rotatable bonds is 16. The van der Waals surface area contributed by atoms with E-state index < -0.39 is 26.0 Å². The summed E-state index contributed by atoms with van der Waals surface area (Å²) >= 11 is 1.07. The van der Waals surface area contributed by atoms with Gasteiger partial charge in [-0.3, -0.25) is 23.1 Å². The van der Waals surface area contributed by atoms with E-state index in [1.165, 1.54) is 28.7 Å². The average Bonchev–Trinajstić information content (AvgIpc) is 3.86. The first-order valence-corrected chi connectivity index (χ1v) is 23.5. The van der Waals surface area contributed by atoms with E-state index in [9.17, 15) is 41.3 Å². The Morgan fingerprint density at radius 1 is 0.821 bits per heavy atom. The highest BCUT2D eigenvalue weighted by Crippen LogP contribution is 2.44. The van der Waals surface area contributed by atoms with Crippen molar-refractivity contribution in [1.82, 2.24) is 14.4 Å². The predicted molar refractivity (Wildman–Crippen MR) is 244 cm³/mol. The Balaban J connectivity index is 0.00000141. The summed E-state index contributed by atoms with van der Waals surface area (Å²) in [5, 5.41) is 48.3. The quantitative estimate of drug-likeness (QED) is 0.0351. The molecule has 0 aliphatic rings. The molecule has 3 heterocycles. The Kier molecular flexibility index (Phi) is 15.2. The number of thiazole rings is 1. The van der Waals surface area contributed by atoms with E-state index in [4.69, 9.17) is 18.8 Å². The number of pyridine rings is 1. The lowest BCUT2D eigenvalue weighted by molar-refractivity contribution is -0.121. The van der Waals surface area contributed by atoms with Gasteiger partial charge < -0.3 is 19.3 Å². The number of para-hydroxylation sites is 2. The summed E-state index contributed by atoms with van der Waals surface area (Å²) < 4.78 is 75.2. The maximum Gasteiger partial charge on any atom is 0.298 e. The molecule has 0 fully saturated rings. The highest BCUT2D eigenvalue weighted by atomic mass is 32.2. The molecule has 7 aromatic rings. The number of benzene rings is 4. The molecular formula is C42H36N10O12S3. The van der Waals surface area contributed by atoms with Crippen molar-refractivity contribution in [3.05, 3.63) is 101 Å². The number of ether oxygens (including phenoxy) is 3. The fourth-order valence-corrected chi connectivity index (χ4v) is 7.30. The molecule has 3 N–H and O–H groups in total. The van der Waals surface area contributed by atoms with Gasteiger partial charge in [-0.25, -0.2) is 9.97 Å². The van der Waals surface area contributed by atoms with Crippen LogP contribution in [0.3, 0.4) is 0 Å². The lowest BCUT2D eigenvalue weighted by Crippen LogP contribution is -2.08. The van der Waals surface area contributed by atoms with Gasteiger partial charge in [0.15, 0.2) is 16.3 Å². The molecule has 4 aromatic carbocycles. The summed E-state index contributed by atoms with van der Waals surface area (Å²) in [7, 11) is -7.93. The van der Waals surface area contributed by atoms with Gasteiger partial charge in [0.05, 0.1) is 41.0 Å². The van der Waals surface area contributed by atoms with Gasteiger partial charge >= 0.3 is 0 Å². The number of aryl methyl sites for hydroxylation is 2. The summed E-state index contributed by atoms with van der Waals surface area (Å²) in [6, 6.07) is 24.0. The van der Waals surface area contributed by atoms with Gasteiger partial charge in [-0.15, -0.1) is 30.7 Å². The Morgan fingerprint density at radius 3 is 2.12 bits per heavy atom. The topological polar surface area (TPSA) is 319 Å². The second-order valence-electron chi connectivity index (χ2n) is 14.1. The number of nitriles is 1. The van der Waals surface area contributed by atoms with Gasteiger partial charge in [-0.1, -0.05) is 53.3 Å². The number of carbonyl (C=O) groups is 2. The van der Waals surface area contributed by atoms with Crippen molar-refractivity contribution in [3.63, 3.8) is 0 Å². The van der Waals surface area contributed by atoms with Crippen molar-refractivity contribution in [2.45, 2.75) is 27.2 Å². The molecule has 0 radical (unpaired) electrons. The van der Waals surface area contributed by atoms with E-state index in [-0.39, 0.29) is 82.5 Å². The van der Waals surface area contributed by atoms with Crippen LogP contribution in [-0.2, 0) is 29.8 Å². The van der Waals surface area contributed by atoms with E-state index in [2.05, 4.69) is 46.7 Å². The van der Waals surface area contributed by atoms with Gasteiger partial charge in [-0.05, 0) is 51.0 Å². The number of nitrogens with zero attached hydrogens (tertiary/aromatic N) is 10. The van der Waals surface area contributed by atoms with Crippen LogP contribution < -0.4 is 14.2 Å². The van der Waals surface area contributed by atoms with E-state index >= 15 is 0 Å². The lowest BCUT2D eigenvalue weighted by Gasteiger charge is -2.11. The maximum atomic E-state index is 11.4. The van der Waals surface area contributed by atoms with Crippen LogP contribution in [-0.4, -0.2) is 77.0 Å². The van der Waals surface area contributed by atoms with Crippen molar-refractivity contribution in [1.29, 1.82) is 5.26 Å². The predicted octanol–water partition coefficient (Wildman–Crippen LogP) is 9.59. The molecule has 0 aliphatic heterocycles. The number of aromatic nitrogens is 3. The van der Waals surface area contributed by atoms with Crippen LogP contribution in [0.15, 0.2) is 110 Å². The van der Waals surface area contributed by atoms with Crippen molar-refractivity contribution in [2.75, 3.05) is 18.6 Å². The van der Waals surface area contributed by atoms with Gasteiger partial charge in [0, 0.05) is 35.4 Å². The zero-order chi connectivity index (χ0) is 48.5. The minimum absolute atomic E-state index is 0.00814. The highest BCUT2D eigenvalue weighted by molar-refractivity contribution is 7.85. The number of hydrogen-bond acceptors (Lipinski definition) is 20. The van der Waals surface area contributed by atoms with Gasteiger partial charge in [0.2, 0.25) is 11.0 Å². The molecule has 0 spiro atoms. The van der Waals surface area contributed by atoms with E-state index in [1.54, 1.807) is 44.2 Å². The SMILES string of the molecule is CS(=O)(=O)O.Cc1ccc(-c2nc(N=Nc3cc(OCCCS(=O)(=O)O)c(N=Nc4c(C)c(C#N)c5nc6ccccc6n5c4O)cc3C)sc2N=Nc2cc(OC=O)cc(OC=O)c2)cc1.